The summed E-state index contributed by atoms with van der Waals surface area (Å²) in [7, 11) is 4.08. The maximum Gasteiger partial charge on any atom is 0.0595 e. The number of hydrogen-bond donors (Lipinski definition) is 1. The first-order valence-corrected chi connectivity index (χ1v) is 6.16. The summed E-state index contributed by atoms with van der Waals surface area (Å²) >= 11 is 11.8. The average Bonchev–Trinajstić information content (AvgIpc) is 2.28. The summed E-state index contributed by atoms with van der Waals surface area (Å²) in [5, 5.41) is 4.39. The van der Waals surface area contributed by atoms with Gasteiger partial charge in [-0.1, -0.05) is 29.3 Å². The quantitative estimate of drug-likeness (QED) is 0.847. The van der Waals surface area contributed by atoms with E-state index in [0.29, 0.717) is 10.0 Å². The van der Waals surface area contributed by atoms with Crippen LogP contribution in [0.15, 0.2) is 18.2 Å². The molecule has 90 valence electrons. The molecule has 2 nitrogen and oxygen atoms in total. The van der Waals surface area contributed by atoms with E-state index in [1.165, 1.54) is 5.56 Å². The van der Waals surface area contributed by atoms with Gasteiger partial charge in [-0.3, -0.25) is 0 Å². The molecule has 1 aromatic rings. The van der Waals surface area contributed by atoms with Gasteiger partial charge < -0.3 is 10.2 Å². The molecule has 0 amide bonds. The van der Waals surface area contributed by atoms with Gasteiger partial charge in [-0.2, -0.15) is 0 Å². The molecule has 1 aromatic carbocycles. The van der Waals surface area contributed by atoms with Crippen LogP contribution in [0.2, 0.25) is 10.0 Å². The van der Waals surface area contributed by atoms with Crippen LogP contribution in [0.4, 0.5) is 0 Å². The average molecular weight is 261 g/mol. The molecule has 0 fully saturated rings. The zero-order chi connectivity index (χ0) is 12.0. The molecule has 0 spiro atoms. The molecule has 0 bridgehead atoms. The van der Waals surface area contributed by atoms with Crippen LogP contribution >= 0.6 is 23.2 Å². The monoisotopic (exact) mass is 260 g/mol. The predicted molar refractivity (Wildman–Crippen MR) is 71.6 cm³/mol. The molecule has 0 aliphatic carbocycles. The van der Waals surface area contributed by atoms with Gasteiger partial charge in [-0.25, -0.2) is 0 Å². The maximum atomic E-state index is 5.96. The van der Waals surface area contributed by atoms with E-state index in [2.05, 4.69) is 17.3 Å². The highest BCUT2D eigenvalue weighted by atomic mass is 35.5. The predicted octanol–water partition coefficient (Wildman–Crippen LogP) is 2.69. The smallest absolute Gasteiger partial charge is 0.0595 e. The van der Waals surface area contributed by atoms with Crippen molar-refractivity contribution >= 4 is 23.2 Å². The first kappa shape index (κ1) is 13.8. The Bertz CT molecular complexity index is 329. The van der Waals surface area contributed by atoms with Gasteiger partial charge in [-0.15, -0.1) is 0 Å². The van der Waals surface area contributed by atoms with Crippen molar-refractivity contribution in [3.63, 3.8) is 0 Å². The normalized spacial score (nSPS) is 11.1. The molecule has 0 radical (unpaired) electrons. The Hall–Kier alpha value is -0.280. The van der Waals surface area contributed by atoms with Crippen molar-refractivity contribution in [1.29, 1.82) is 0 Å². The van der Waals surface area contributed by atoms with E-state index >= 15 is 0 Å². The molecule has 0 unspecified atom stereocenters. The van der Waals surface area contributed by atoms with Crippen LogP contribution in [0.1, 0.15) is 5.56 Å². The number of halogens is 2. The topological polar surface area (TPSA) is 15.3 Å². The van der Waals surface area contributed by atoms with E-state index in [4.69, 9.17) is 23.2 Å². The minimum absolute atomic E-state index is 0.619. The van der Waals surface area contributed by atoms with E-state index in [0.717, 1.165) is 26.1 Å². The van der Waals surface area contributed by atoms with Crippen LogP contribution in [-0.4, -0.2) is 38.6 Å². The zero-order valence-electron chi connectivity index (χ0n) is 9.76. The molecule has 0 aromatic heterocycles. The summed E-state index contributed by atoms with van der Waals surface area (Å²) in [6.45, 7) is 3.09. The molecule has 4 heteroatoms. The van der Waals surface area contributed by atoms with Crippen molar-refractivity contribution in [2.24, 2.45) is 0 Å². The van der Waals surface area contributed by atoms with Gasteiger partial charge >= 0.3 is 0 Å². The van der Waals surface area contributed by atoms with Crippen LogP contribution in [0, 0.1) is 0 Å². The summed E-state index contributed by atoms with van der Waals surface area (Å²) in [6.07, 6.45) is 0.997. The van der Waals surface area contributed by atoms with Crippen molar-refractivity contribution in [1.82, 2.24) is 10.2 Å². The molecule has 0 atom stereocenters. The van der Waals surface area contributed by atoms with Gasteiger partial charge in [0, 0.05) is 19.6 Å². The number of rotatable bonds is 6. The lowest BCUT2D eigenvalue weighted by Crippen LogP contribution is -2.29. The third kappa shape index (κ3) is 4.71. The Morgan fingerprint density at radius 3 is 2.56 bits per heavy atom. The van der Waals surface area contributed by atoms with Crippen LogP contribution < -0.4 is 5.32 Å². The molecule has 0 aliphatic heterocycles. The van der Waals surface area contributed by atoms with Crippen LogP contribution in [0.3, 0.4) is 0 Å². The molecule has 1 N–H and O–H groups in total. The Labute approximate surface area is 108 Å². The Morgan fingerprint density at radius 1 is 1.19 bits per heavy atom. The van der Waals surface area contributed by atoms with E-state index in [1.54, 1.807) is 0 Å². The third-order valence-electron chi connectivity index (χ3n) is 2.51. The van der Waals surface area contributed by atoms with Gasteiger partial charge in [0.25, 0.3) is 0 Å². The highest BCUT2D eigenvalue weighted by Crippen LogP contribution is 2.22. The fraction of sp³-hybridized carbons (Fsp3) is 0.500. The van der Waals surface area contributed by atoms with Crippen LogP contribution in [0.25, 0.3) is 0 Å². The minimum Gasteiger partial charge on any atom is -0.318 e. The largest absolute Gasteiger partial charge is 0.318 e. The third-order valence-corrected chi connectivity index (χ3v) is 3.25. The van der Waals surface area contributed by atoms with Crippen molar-refractivity contribution in [2.75, 3.05) is 33.7 Å². The Kier molecular flexibility index (Phi) is 6.14. The molecule has 0 aliphatic rings. The summed E-state index contributed by atoms with van der Waals surface area (Å²) in [5.41, 5.74) is 1.23. The number of nitrogens with zero attached hydrogens (tertiary/aromatic N) is 1. The van der Waals surface area contributed by atoms with Crippen LogP contribution in [-0.2, 0) is 6.42 Å². The standard InChI is InChI=1S/C12H18Cl2N2/c1-15-6-8-16(2)7-5-10-3-4-11(13)12(14)9-10/h3-4,9,15H,5-8H2,1-2H3. The van der Waals surface area contributed by atoms with E-state index in [1.807, 2.05) is 25.2 Å². The van der Waals surface area contributed by atoms with Crippen molar-refractivity contribution < 1.29 is 0 Å². The first-order valence-electron chi connectivity index (χ1n) is 5.40. The molecular weight excluding hydrogens is 243 g/mol. The second kappa shape index (κ2) is 7.13. The lowest BCUT2D eigenvalue weighted by molar-refractivity contribution is 0.339. The lowest BCUT2D eigenvalue weighted by atomic mass is 10.1. The maximum absolute atomic E-state index is 5.96. The number of hydrogen-bond acceptors (Lipinski definition) is 2. The second-order valence-electron chi connectivity index (χ2n) is 3.91. The molecule has 0 saturated carbocycles. The second-order valence-corrected chi connectivity index (χ2v) is 4.72. The van der Waals surface area contributed by atoms with Crippen molar-refractivity contribution in [2.45, 2.75) is 6.42 Å². The number of likely N-dealkylation sites (N-methyl/N-ethyl adjacent to an activating group) is 2. The first-order chi connectivity index (χ1) is 7.63. The molecular formula is C12H18Cl2N2. The van der Waals surface area contributed by atoms with Gasteiger partial charge in [0.15, 0.2) is 0 Å². The molecule has 1 rings (SSSR count). The fourth-order valence-corrected chi connectivity index (χ4v) is 1.75. The van der Waals surface area contributed by atoms with Crippen LogP contribution in [0.5, 0.6) is 0 Å². The van der Waals surface area contributed by atoms with Gasteiger partial charge in [0.05, 0.1) is 10.0 Å². The van der Waals surface area contributed by atoms with Gasteiger partial charge in [-0.05, 0) is 38.2 Å². The van der Waals surface area contributed by atoms with E-state index in [-0.39, 0.29) is 0 Å². The fourth-order valence-electron chi connectivity index (χ4n) is 1.43. The molecule has 0 heterocycles. The Morgan fingerprint density at radius 2 is 1.94 bits per heavy atom. The molecule has 0 saturated heterocycles. The zero-order valence-corrected chi connectivity index (χ0v) is 11.3. The van der Waals surface area contributed by atoms with Gasteiger partial charge in [0.2, 0.25) is 0 Å². The minimum atomic E-state index is 0.619. The lowest BCUT2D eigenvalue weighted by Gasteiger charge is -2.16. The highest BCUT2D eigenvalue weighted by Gasteiger charge is 2.01. The van der Waals surface area contributed by atoms with Gasteiger partial charge in [0.1, 0.15) is 0 Å². The summed E-state index contributed by atoms with van der Waals surface area (Å²) < 4.78 is 0. The number of nitrogens with one attached hydrogen (secondary N) is 1. The Balaban J connectivity index is 2.39. The SMILES string of the molecule is CNCCN(C)CCc1ccc(Cl)c(Cl)c1. The summed E-state index contributed by atoms with van der Waals surface area (Å²) in [4.78, 5) is 2.29. The van der Waals surface area contributed by atoms with Crippen molar-refractivity contribution in [3.8, 4) is 0 Å². The summed E-state index contributed by atoms with van der Waals surface area (Å²) in [6, 6.07) is 5.82. The van der Waals surface area contributed by atoms with E-state index < -0.39 is 0 Å². The van der Waals surface area contributed by atoms with Crippen molar-refractivity contribution in [3.05, 3.63) is 33.8 Å². The molecule has 16 heavy (non-hydrogen) atoms. The van der Waals surface area contributed by atoms with E-state index in [9.17, 15) is 0 Å². The number of benzene rings is 1. The summed E-state index contributed by atoms with van der Waals surface area (Å²) in [5.74, 6) is 0. The highest BCUT2D eigenvalue weighted by molar-refractivity contribution is 6.42.